The van der Waals surface area contributed by atoms with Crippen molar-refractivity contribution in [3.05, 3.63) is 71.3 Å². The standard InChI is InChI=1S/C27H33N3O2/c1-2-3-9-18-30-25(28-26(29-30)22-10-5-4-6-11-22)19-20-14-16-21(17-15-20)23-12-7-8-13-24(23)27(31)32/h7-8,12-17,22H,2-6,9-11,18-19H2,1H3,(H,31,32). The van der Waals surface area contributed by atoms with Gasteiger partial charge in [-0.2, -0.15) is 5.10 Å². The van der Waals surface area contributed by atoms with Crippen LogP contribution in [0.3, 0.4) is 0 Å². The Kier molecular flexibility index (Phi) is 7.35. The number of carbonyl (C=O) groups is 1. The molecule has 1 fully saturated rings. The van der Waals surface area contributed by atoms with Gasteiger partial charge in [0.05, 0.1) is 5.56 Å². The maximum atomic E-state index is 11.6. The van der Waals surface area contributed by atoms with Gasteiger partial charge in [0.2, 0.25) is 0 Å². The van der Waals surface area contributed by atoms with E-state index in [1.807, 2.05) is 24.3 Å². The number of hydrogen-bond donors (Lipinski definition) is 1. The van der Waals surface area contributed by atoms with E-state index in [2.05, 4.69) is 23.7 Å². The molecule has 0 amide bonds. The van der Waals surface area contributed by atoms with Crippen LogP contribution in [0.15, 0.2) is 48.5 Å². The van der Waals surface area contributed by atoms with E-state index >= 15 is 0 Å². The zero-order valence-electron chi connectivity index (χ0n) is 19.0. The van der Waals surface area contributed by atoms with Crippen molar-refractivity contribution in [1.29, 1.82) is 0 Å². The van der Waals surface area contributed by atoms with Crippen LogP contribution in [0.1, 0.15) is 91.8 Å². The summed E-state index contributed by atoms with van der Waals surface area (Å²) in [5.74, 6) is 1.67. The molecule has 0 radical (unpaired) electrons. The SMILES string of the molecule is CCCCCn1nc(C2CCCCC2)nc1Cc1ccc(-c2ccccc2C(=O)O)cc1. The Balaban J connectivity index is 1.55. The molecular formula is C27H33N3O2. The van der Waals surface area contributed by atoms with Crippen molar-refractivity contribution in [3.8, 4) is 11.1 Å². The number of aromatic carboxylic acids is 1. The van der Waals surface area contributed by atoms with Gasteiger partial charge < -0.3 is 5.11 Å². The average molecular weight is 432 g/mol. The number of benzene rings is 2. The zero-order valence-corrected chi connectivity index (χ0v) is 19.0. The molecule has 1 saturated carbocycles. The van der Waals surface area contributed by atoms with Gasteiger partial charge in [-0.3, -0.25) is 0 Å². The highest BCUT2D eigenvalue weighted by Gasteiger charge is 2.21. The van der Waals surface area contributed by atoms with E-state index in [0.29, 0.717) is 11.5 Å². The predicted molar refractivity (Wildman–Crippen MR) is 127 cm³/mol. The van der Waals surface area contributed by atoms with Crippen LogP contribution in [-0.4, -0.2) is 25.8 Å². The number of unbranched alkanes of at least 4 members (excludes halogenated alkanes) is 2. The summed E-state index contributed by atoms with van der Waals surface area (Å²) in [6.45, 7) is 3.15. The first-order valence-electron chi connectivity index (χ1n) is 12.0. The Morgan fingerprint density at radius 1 is 1.03 bits per heavy atom. The molecule has 0 bridgehead atoms. The highest BCUT2D eigenvalue weighted by Crippen LogP contribution is 2.31. The highest BCUT2D eigenvalue weighted by atomic mass is 16.4. The molecule has 32 heavy (non-hydrogen) atoms. The van der Waals surface area contributed by atoms with Gasteiger partial charge in [-0.05, 0) is 42.0 Å². The van der Waals surface area contributed by atoms with Gasteiger partial charge in [-0.1, -0.05) is 81.5 Å². The summed E-state index contributed by atoms with van der Waals surface area (Å²) in [6.07, 6.45) is 10.6. The van der Waals surface area contributed by atoms with Gasteiger partial charge in [0, 0.05) is 18.9 Å². The van der Waals surface area contributed by atoms with Crippen molar-refractivity contribution in [2.75, 3.05) is 0 Å². The Morgan fingerprint density at radius 3 is 2.50 bits per heavy atom. The van der Waals surface area contributed by atoms with Gasteiger partial charge >= 0.3 is 5.97 Å². The van der Waals surface area contributed by atoms with Crippen LogP contribution in [-0.2, 0) is 13.0 Å². The monoisotopic (exact) mass is 431 g/mol. The lowest BCUT2D eigenvalue weighted by Gasteiger charge is -2.18. The van der Waals surface area contributed by atoms with Gasteiger partial charge in [-0.15, -0.1) is 0 Å². The first kappa shape index (κ1) is 22.3. The molecule has 4 rings (SSSR count). The second kappa shape index (κ2) is 10.6. The molecule has 1 aliphatic carbocycles. The molecule has 168 valence electrons. The van der Waals surface area contributed by atoms with Crippen LogP contribution in [0.25, 0.3) is 11.1 Å². The fourth-order valence-corrected chi connectivity index (χ4v) is 4.65. The van der Waals surface area contributed by atoms with E-state index in [0.717, 1.165) is 42.2 Å². The normalized spacial score (nSPS) is 14.5. The molecule has 1 heterocycles. The summed E-state index contributed by atoms with van der Waals surface area (Å²) < 4.78 is 2.13. The van der Waals surface area contributed by atoms with E-state index in [-0.39, 0.29) is 0 Å². The van der Waals surface area contributed by atoms with Crippen molar-refractivity contribution < 1.29 is 9.90 Å². The summed E-state index contributed by atoms with van der Waals surface area (Å²) >= 11 is 0. The second-order valence-corrected chi connectivity index (χ2v) is 8.88. The van der Waals surface area contributed by atoms with Crippen LogP contribution in [0, 0.1) is 0 Å². The number of rotatable bonds is 9. The molecule has 2 aromatic carbocycles. The van der Waals surface area contributed by atoms with Crippen LogP contribution in [0.4, 0.5) is 0 Å². The van der Waals surface area contributed by atoms with Gasteiger partial charge in [0.25, 0.3) is 0 Å². The predicted octanol–water partition coefficient (Wildman–Crippen LogP) is 6.47. The number of aromatic nitrogens is 3. The number of carboxylic acid groups (broad SMARTS) is 1. The topological polar surface area (TPSA) is 68.0 Å². The average Bonchev–Trinajstić information content (AvgIpc) is 3.23. The van der Waals surface area contributed by atoms with Crippen molar-refractivity contribution in [2.24, 2.45) is 0 Å². The molecule has 0 aliphatic heterocycles. The molecular weight excluding hydrogens is 398 g/mol. The summed E-state index contributed by atoms with van der Waals surface area (Å²) in [6, 6.07) is 15.3. The van der Waals surface area contributed by atoms with Gasteiger partial charge in [0.1, 0.15) is 5.82 Å². The minimum absolute atomic E-state index is 0.327. The zero-order chi connectivity index (χ0) is 22.3. The van der Waals surface area contributed by atoms with Crippen molar-refractivity contribution in [3.63, 3.8) is 0 Å². The smallest absolute Gasteiger partial charge is 0.336 e. The van der Waals surface area contributed by atoms with E-state index in [4.69, 9.17) is 10.1 Å². The molecule has 5 nitrogen and oxygen atoms in total. The quantitative estimate of drug-likeness (QED) is 0.394. The van der Waals surface area contributed by atoms with Crippen LogP contribution in [0.2, 0.25) is 0 Å². The van der Waals surface area contributed by atoms with Crippen LogP contribution >= 0.6 is 0 Å². The largest absolute Gasteiger partial charge is 0.478 e. The third kappa shape index (κ3) is 5.26. The maximum absolute atomic E-state index is 11.6. The molecule has 3 aromatic rings. The Labute approximate surface area is 190 Å². The maximum Gasteiger partial charge on any atom is 0.336 e. The molecule has 5 heteroatoms. The summed E-state index contributed by atoms with van der Waals surface area (Å²) in [4.78, 5) is 16.6. The Morgan fingerprint density at radius 2 is 1.78 bits per heavy atom. The lowest BCUT2D eigenvalue weighted by Crippen LogP contribution is -2.08. The number of hydrogen-bond acceptors (Lipinski definition) is 3. The Bertz CT molecular complexity index is 1030. The van der Waals surface area contributed by atoms with Gasteiger partial charge in [0.15, 0.2) is 5.82 Å². The summed E-state index contributed by atoms with van der Waals surface area (Å²) in [5.41, 5.74) is 3.15. The molecule has 1 N–H and O–H groups in total. The molecule has 0 unspecified atom stereocenters. The van der Waals surface area contributed by atoms with Crippen molar-refractivity contribution >= 4 is 5.97 Å². The molecule has 1 aliphatic rings. The Hall–Kier alpha value is -2.95. The van der Waals surface area contributed by atoms with Crippen molar-refractivity contribution in [1.82, 2.24) is 14.8 Å². The van der Waals surface area contributed by atoms with E-state index in [1.165, 1.54) is 50.5 Å². The first-order chi connectivity index (χ1) is 15.7. The molecule has 0 saturated heterocycles. The summed E-state index contributed by atoms with van der Waals surface area (Å²) in [5, 5.41) is 14.4. The summed E-state index contributed by atoms with van der Waals surface area (Å²) in [7, 11) is 0. The number of carboxylic acids is 1. The molecule has 0 spiro atoms. The van der Waals surface area contributed by atoms with E-state index in [1.54, 1.807) is 12.1 Å². The molecule has 0 atom stereocenters. The third-order valence-electron chi connectivity index (χ3n) is 6.49. The molecule has 1 aromatic heterocycles. The number of nitrogens with zero attached hydrogens (tertiary/aromatic N) is 3. The van der Waals surface area contributed by atoms with E-state index < -0.39 is 5.97 Å². The highest BCUT2D eigenvalue weighted by molar-refractivity contribution is 5.95. The minimum Gasteiger partial charge on any atom is -0.478 e. The first-order valence-corrected chi connectivity index (χ1v) is 12.0. The van der Waals surface area contributed by atoms with Crippen LogP contribution < -0.4 is 0 Å². The van der Waals surface area contributed by atoms with Crippen LogP contribution in [0.5, 0.6) is 0 Å². The lowest BCUT2D eigenvalue weighted by atomic mass is 9.89. The number of aryl methyl sites for hydroxylation is 1. The minimum atomic E-state index is -0.903. The van der Waals surface area contributed by atoms with E-state index in [9.17, 15) is 9.90 Å². The lowest BCUT2D eigenvalue weighted by molar-refractivity contribution is 0.0697. The fourth-order valence-electron chi connectivity index (χ4n) is 4.65. The fraction of sp³-hybridized carbons (Fsp3) is 0.444. The third-order valence-corrected chi connectivity index (χ3v) is 6.49. The second-order valence-electron chi connectivity index (χ2n) is 8.88. The van der Waals surface area contributed by atoms with Crippen molar-refractivity contribution in [2.45, 2.75) is 77.2 Å². The van der Waals surface area contributed by atoms with Gasteiger partial charge in [-0.25, -0.2) is 14.5 Å².